The molecule has 3 nitrogen and oxygen atoms in total. The van der Waals surface area contributed by atoms with Gasteiger partial charge in [-0.25, -0.2) is 0 Å². The first-order chi connectivity index (χ1) is 14.2. The highest BCUT2D eigenvalue weighted by molar-refractivity contribution is 5.80. The third kappa shape index (κ3) is 3.42. The lowest BCUT2D eigenvalue weighted by molar-refractivity contribution is -0.137. The van der Waals surface area contributed by atoms with Crippen LogP contribution in [0.5, 0.6) is 0 Å². The first kappa shape index (κ1) is 18.6. The molecule has 1 spiro atoms. The molecule has 2 aromatic rings. The summed E-state index contributed by atoms with van der Waals surface area (Å²) in [6.07, 6.45) is 6.86. The van der Waals surface area contributed by atoms with Gasteiger partial charge in [0.1, 0.15) is 0 Å². The van der Waals surface area contributed by atoms with Crippen molar-refractivity contribution in [1.29, 1.82) is 0 Å². The van der Waals surface area contributed by atoms with Crippen molar-refractivity contribution in [3.05, 3.63) is 77.9 Å². The normalized spacial score (nSPS) is 24.5. The van der Waals surface area contributed by atoms with Crippen molar-refractivity contribution >= 4 is 11.5 Å². The van der Waals surface area contributed by atoms with Crippen LogP contribution in [0.4, 0.5) is 0 Å². The summed E-state index contributed by atoms with van der Waals surface area (Å²) in [5.41, 5.74) is 4.27. The predicted octanol–water partition coefficient (Wildman–Crippen LogP) is 4.59. The Hall–Kier alpha value is -2.39. The topological polar surface area (TPSA) is 23.6 Å². The Morgan fingerprint density at radius 3 is 2.17 bits per heavy atom. The molecule has 3 aliphatic rings. The Balaban J connectivity index is 1.38. The van der Waals surface area contributed by atoms with Crippen LogP contribution in [0, 0.1) is 5.41 Å². The molecule has 2 aliphatic heterocycles. The average molecular weight is 387 g/mol. The fraction of sp³-hybridized carbons (Fsp3) is 0.423. The Morgan fingerprint density at radius 2 is 1.62 bits per heavy atom. The first-order valence-electron chi connectivity index (χ1n) is 11.0. The van der Waals surface area contributed by atoms with E-state index < -0.39 is 0 Å². The molecule has 2 unspecified atom stereocenters. The van der Waals surface area contributed by atoms with Gasteiger partial charge in [-0.05, 0) is 41.4 Å². The second-order valence-electron chi connectivity index (χ2n) is 8.96. The zero-order valence-electron chi connectivity index (χ0n) is 17.3. The van der Waals surface area contributed by atoms with Gasteiger partial charge in [-0.15, -0.1) is 0 Å². The standard InChI is InChI=1S/C26H30N2O/c1-2-25(29)28-22-17-26(14-15-26)24(28)19-27(18-22)16-13-23(20-9-5-3-6-10-20)21-11-7-4-8-12-21/h3-13,22,24H,2,14-19H2,1H3. The number of carbonyl (C=O) groups is 1. The summed E-state index contributed by atoms with van der Waals surface area (Å²) in [5.74, 6) is 0.355. The summed E-state index contributed by atoms with van der Waals surface area (Å²) in [6.45, 7) is 4.98. The maximum atomic E-state index is 12.6. The third-order valence-electron chi connectivity index (χ3n) is 7.18. The van der Waals surface area contributed by atoms with Crippen LogP contribution >= 0.6 is 0 Å². The largest absolute Gasteiger partial charge is 0.334 e. The molecule has 150 valence electrons. The number of likely N-dealkylation sites (tertiary alicyclic amines) is 1. The fourth-order valence-electron chi connectivity index (χ4n) is 5.57. The van der Waals surface area contributed by atoms with E-state index in [0.29, 0.717) is 29.8 Å². The van der Waals surface area contributed by atoms with Gasteiger partial charge in [0.15, 0.2) is 0 Å². The molecule has 2 aromatic carbocycles. The zero-order valence-corrected chi connectivity index (χ0v) is 17.3. The lowest BCUT2D eigenvalue weighted by Gasteiger charge is -2.41. The molecule has 2 heterocycles. The van der Waals surface area contributed by atoms with Crippen LogP contribution in [0.25, 0.3) is 5.57 Å². The highest BCUT2D eigenvalue weighted by Crippen LogP contribution is 2.60. The van der Waals surface area contributed by atoms with E-state index in [-0.39, 0.29) is 0 Å². The molecular weight excluding hydrogens is 356 g/mol. The van der Waals surface area contributed by atoms with E-state index in [1.165, 1.54) is 36.0 Å². The molecule has 3 heteroatoms. The van der Waals surface area contributed by atoms with E-state index in [1.54, 1.807) is 0 Å². The van der Waals surface area contributed by atoms with Crippen LogP contribution in [-0.2, 0) is 4.79 Å². The summed E-state index contributed by atoms with van der Waals surface area (Å²) in [5, 5.41) is 0. The molecule has 0 N–H and O–H groups in total. The lowest BCUT2D eigenvalue weighted by Crippen LogP contribution is -2.56. The molecule has 0 aromatic heterocycles. The summed E-state index contributed by atoms with van der Waals surface area (Å²) in [6, 6.07) is 22.2. The van der Waals surface area contributed by atoms with Crippen LogP contribution in [0.3, 0.4) is 0 Å². The van der Waals surface area contributed by atoms with E-state index in [9.17, 15) is 4.79 Å². The Bertz CT molecular complexity index is 859. The fourth-order valence-corrected chi connectivity index (χ4v) is 5.57. The Kier molecular flexibility index (Phi) is 4.79. The van der Waals surface area contributed by atoms with Crippen molar-refractivity contribution in [3.63, 3.8) is 0 Å². The highest BCUT2D eigenvalue weighted by Gasteiger charge is 2.62. The number of fused-ring (bicyclic) bond motifs is 3. The quantitative estimate of drug-likeness (QED) is 0.750. The lowest BCUT2D eigenvalue weighted by atomic mass is 9.96. The number of amides is 1. The van der Waals surface area contributed by atoms with Crippen molar-refractivity contribution in [2.45, 2.75) is 44.7 Å². The minimum absolute atomic E-state index is 0.355. The van der Waals surface area contributed by atoms with E-state index in [2.05, 4.69) is 76.5 Å². The van der Waals surface area contributed by atoms with Crippen molar-refractivity contribution in [2.75, 3.05) is 19.6 Å². The maximum absolute atomic E-state index is 12.6. The SMILES string of the molecule is CCC(=O)N1C2CN(CC=C(c3ccccc3)c3ccccc3)CC1C1(CC1)C2. The van der Waals surface area contributed by atoms with Gasteiger partial charge in [0.2, 0.25) is 5.91 Å². The monoisotopic (exact) mass is 386 g/mol. The minimum atomic E-state index is 0.355. The van der Waals surface area contributed by atoms with Crippen molar-refractivity contribution in [2.24, 2.45) is 5.41 Å². The number of benzene rings is 2. The predicted molar refractivity (Wildman–Crippen MR) is 117 cm³/mol. The molecule has 2 saturated heterocycles. The van der Waals surface area contributed by atoms with Gasteiger partial charge >= 0.3 is 0 Å². The summed E-state index contributed by atoms with van der Waals surface area (Å²) < 4.78 is 0. The maximum Gasteiger partial charge on any atom is 0.222 e. The number of hydrogen-bond acceptors (Lipinski definition) is 2. The van der Waals surface area contributed by atoms with Gasteiger partial charge in [-0.1, -0.05) is 73.7 Å². The Morgan fingerprint density at radius 1 is 1.00 bits per heavy atom. The number of nitrogens with zero attached hydrogens (tertiary/aromatic N) is 2. The number of hydrogen-bond donors (Lipinski definition) is 0. The van der Waals surface area contributed by atoms with E-state index in [1.807, 2.05) is 6.92 Å². The van der Waals surface area contributed by atoms with Crippen LogP contribution in [0.15, 0.2) is 66.7 Å². The van der Waals surface area contributed by atoms with Crippen LogP contribution in [-0.4, -0.2) is 47.4 Å². The van der Waals surface area contributed by atoms with Crippen molar-refractivity contribution in [1.82, 2.24) is 9.80 Å². The van der Waals surface area contributed by atoms with Gasteiger partial charge in [0, 0.05) is 32.1 Å². The minimum Gasteiger partial charge on any atom is -0.334 e. The van der Waals surface area contributed by atoms with Gasteiger partial charge in [0.25, 0.3) is 0 Å². The van der Waals surface area contributed by atoms with Crippen LogP contribution in [0.1, 0.15) is 43.7 Å². The van der Waals surface area contributed by atoms with Gasteiger partial charge in [0.05, 0.1) is 6.04 Å². The molecule has 0 radical (unpaired) electrons. The van der Waals surface area contributed by atoms with E-state index >= 15 is 0 Å². The number of rotatable bonds is 5. The van der Waals surface area contributed by atoms with Crippen molar-refractivity contribution in [3.8, 4) is 0 Å². The molecule has 5 rings (SSSR count). The average Bonchev–Trinajstić information content (AvgIpc) is 3.51. The second-order valence-corrected chi connectivity index (χ2v) is 8.96. The molecule has 1 amide bonds. The first-order valence-corrected chi connectivity index (χ1v) is 11.0. The van der Waals surface area contributed by atoms with Gasteiger partial charge in [-0.3, -0.25) is 9.69 Å². The van der Waals surface area contributed by atoms with Crippen molar-refractivity contribution < 1.29 is 4.79 Å². The van der Waals surface area contributed by atoms with E-state index in [4.69, 9.17) is 0 Å². The Labute approximate surface area is 174 Å². The van der Waals surface area contributed by atoms with Gasteiger partial charge < -0.3 is 4.90 Å². The molecule has 1 aliphatic carbocycles. The smallest absolute Gasteiger partial charge is 0.222 e. The van der Waals surface area contributed by atoms with Gasteiger partial charge in [-0.2, -0.15) is 0 Å². The second kappa shape index (κ2) is 7.46. The molecule has 1 saturated carbocycles. The highest BCUT2D eigenvalue weighted by atomic mass is 16.2. The third-order valence-corrected chi connectivity index (χ3v) is 7.18. The molecule has 2 atom stereocenters. The number of carbonyl (C=O) groups excluding carboxylic acids is 1. The molecule has 2 bridgehead atoms. The zero-order chi connectivity index (χ0) is 19.8. The molecule has 29 heavy (non-hydrogen) atoms. The van der Waals surface area contributed by atoms with E-state index in [0.717, 1.165) is 19.6 Å². The number of piperazine rings is 1. The molecular formula is C26H30N2O. The van der Waals surface area contributed by atoms with Crippen LogP contribution in [0.2, 0.25) is 0 Å². The summed E-state index contributed by atoms with van der Waals surface area (Å²) in [4.78, 5) is 17.4. The molecule has 3 fully saturated rings. The summed E-state index contributed by atoms with van der Waals surface area (Å²) in [7, 11) is 0. The van der Waals surface area contributed by atoms with Crippen LogP contribution < -0.4 is 0 Å². The summed E-state index contributed by atoms with van der Waals surface area (Å²) >= 11 is 0.